The van der Waals surface area contributed by atoms with Crippen molar-refractivity contribution in [2.45, 2.75) is 37.1 Å². The summed E-state index contributed by atoms with van der Waals surface area (Å²) >= 11 is 0. The molecule has 0 fully saturated rings. The van der Waals surface area contributed by atoms with Gasteiger partial charge >= 0.3 is 0 Å². The molecule has 4 nitrogen and oxygen atoms in total. The molecule has 0 aliphatic heterocycles. The van der Waals surface area contributed by atoms with Gasteiger partial charge in [-0.2, -0.15) is 4.72 Å². The van der Waals surface area contributed by atoms with Crippen molar-refractivity contribution in [3.63, 3.8) is 0 Å². The lowest BCUT2D eigenvalue weighted by atomic mass is 9.96. The van der Waals surface area contributed by atoms with Crippen LogP contribution in [0.2, 0.25) is 0 Å². The number of hydrogen-bond donors (Lipinski definition) is 1. The number of rotatable bonds is 6. The van der Waals surface area contributed by atoms with Gasteiger partial charge in [0.1, 0.15) is 5.75 Å². The maximum absolute atomic E-state index is 12.3. The summed E-state index contributed by atoms with van der Waals surface area (Å²) in [6.07, 6.45) is 6.54. The van der Waals surface area contributed by atoms with Crippen molar-refractivity contribution in [1.29, 1.82) is 0 Å². The number of sulfonamides is 1. The minimum absolute atomic E-state index is 0.176. The first-order valence-electron chi connectivity index (χ1n) is 6.09. The monoisotopic (exact) mass is 281 g/mol. The average molecular weight is 281 g/mol. The van der Waals surface area contributed by atoms with Gasteiger partial charge in [0.25, 0.3) is 0 Å². The van der Waals surface area contributed by atoms with Crippen LogP contribution < -0.4 is 9.46 Å². The molecule has 0 unspecified atom stereocenters. The summed E-state index contributed by atoms with van der Waals surface area (Å²) in [6, 6.07) is 6.19. The Morgan fingerprint density at radius 3 is 2.16 bits per heavy atom. The highest BCUT2D eigenvalue weighted by Gasteiger charge is 2.30. The molecule has 104 valence electrons. The van der Waals surface area contributed by atoms with Gasteiger partial charge in [-0.25, -0.2) is 8.42 Å². The van der Waals surface area contributed by atoms with E-state index in [4.69, 9.17) is 11.2 Å². The highest BCUT2D eigenvalue weighted by Crippen LogP contribution is 2.20. The molecule has 0 heterocycles. The average Bonchev–Trinajstić information content (AvgIpc) is 2.45. The first kappa shape index (κ1) is 15.5. The van der Waals surface area contributed by atoms with Gasteiger partial charge in [-0.05, 0) is 37.1 Å². The zero-order valence-corrected chi connectivity index (χ0v) is 12.3. The Bertz CT molecular complexity index is 551. The molecular weight excluding hydrogens is 262 g/mol. The lowest BCUT2D eigenvalue weighted by Gasteiger charge is -2.26. The van der Waals surface area contributed by atoms with E-state index >= 15 is 0 Å². The van der Waals surface area contributed by atoms with E-state index in [1.807, 2.05) is 13.8 Å². The topological polar surface area (TPSA) is 55.4 Å². The highest BCUT2D eigenvalue weighted by atomic mass is 32.2. The lowest BCUT2D eigenvalue weighted by Crippen LogP contribution is -2.46. The van der Waals surface area contributed by atoms with Gasteiger partial charge in [-0.15, -0.1) is 6.42 Å². The minimum Gasteiger partial charge on any atom is -0.497 e. The third-order valence-electron chi connectivity index (χ3n) is 3.18. The summed E-state index contributed by atoms with van der Waals surface area (Å²) < 4.78 is 32.2. The van der Waals surface area contributed by atoms with Crippen LogP contribution >= 0.6 is 0 Å². The van der Waals surface area contributed by atoms with Crippen LogP contribution in [0.15, 0.2) is 29.2 Å². The van der Waals surface area contributed by atoms with Gasteiger partial charge in [-0.1, -0.05) is 19.8 Å². The largest absolute Gasteiger partial charge is 0.497 e. The van der Waals surface area contributed by atoms with E-state index < -0.39 is 15.6 Å². The molecule has 1 rings (SSSR count). The van der Waals surface area contributed by atoms with E-state index in [1.54, 1.807) is 12.1 Å². The van der Waals surface area contributed by atoms with Crippen LogP contribution in [0, 0.1) is 12.3 Å². The molecule has 1 N–H and O–H groups in total. The summed E-state index contributed by atoms with van der Waals surface area (Å²) in [5, 5.41) is 0. The van der Waals surface area contributed by atoms with E-state index in [9.17, 15) is 8.42 Å². The van der Waals surface area contributed by atoms with Crippen molar-refractivity contribution < 1.29 is 13.2 Å². The number of methoxy groups -OCH3 is 1. The predicted molar refractivity (Wildman–Crippen MR) is 75.5 cm³/mol. The van der Waals surface area contributed by atoms with Crippen molar-refractivity contribution in [2.75, 3.05) is 7.11 Å². The lowest BCUT2D eigenvalue weighted by molar-refractivity contribution is 0.414. The van der Waals surface area contributed by atoms with Crippen molar-refractivity contribution in [3.8, 4) is 18.1 Å². The standard InChI is InChI=1S/C14H19NO3S/c1-5-14(6-2,7-3)15-19(16,17)13-10-8-12(18-4)9-11-13/h1,8-11,15H,6-7H2,2-4H3. The van der Waals surface area contributed by atoms with E-state index in [0.29, 0.717) is 18.6 Å². The Hall–Kier alpha value is -1.51. The summed E-state index contributed by atoms with van der Waals surface area (Å²) in [6.45, 7) is 3.72. The van der Waals surface area contributed by atoms with Gasteiger partial charge in [-0.3, -0.25) is 0 Å². The number of terminal acetylenes is 1. The van der Waals surface area contributed by atoms with Gasteiger partial charge < -0.3 is 4.74 Å². The summed E-state index contributed by atoms with van der Waals surface area (Å²) in [5.74, 6) is 3.15. The molecule has 1 aromatic rings. The Balaban J connectivity index is 3.07. The molecule has 0 spiro atoms. The second kappa shape index (κ2) is 6.09. The number of hydrogen-bond acceptors (Lipinski definition) is 3. The SMILES string of the molecule is C#CC(CC)(CC)NS(=O)(=O)c1ccc(OC)cc1. The first-order chi connectivity index (χ1) is 8.93. The molecule has 0 aliphatic carbocycles. The quantitative estimate of drug-likeness (QED) is 0.813. The molecule has 0 amide bonds. The molecule has 5 heteroatoms. The van der Waals surface area contributed by atoms with Crippen LogP contribution in [0.25, 0.3) is 0 Å². The molecule has 0 saturated heterocycles. The molecule has 19 heavy (non-hydrogen) atoms. The third kappa shape index (κ3) is 3.49. The Kier molecular flexibility index (Phi) is 4.98. The molecule has 0 aromatic heterocycles. The maximum Gasteiger partial charge on any atom is 0.241 e. The van der Waals surface area contributed by atoms with Crippen LogP contribution in [0.3, 0.4) is 0 Å². The van der Waals surface area contributed by atoms with E-state index in [1.165, 1.54) is 19.2 Å². The predicted octanol–water partition coefficient (Wildman–Crippen LogP) is 2.17. The Morgan fingerprint density at radius 2 is 1.79 bits per heavy atom. The van der Waals surface area contributed by atoms with E-state index in [0.717, 1.165) is 0 Å². The van der Waals surface area contributed by atoms with Crippen LogP contribution in [0.4, 0.5) is 0 Å². The normalized spacial score (nSPS) is 11.9. The molecule has 0 radical (unpaired) electrons. The van der Waals surface area contributed by atoms with Gasteiger partial charge in [0.05, 0.1) is 17.5 Å². The fourth-order valence-electron chi connectivity index (χ4n) is 1.70. The summed E-state index contributed by atoms with van der Waals surface area (Å²) in [7, 11) is -2.10. The molecule has 0 atom stereocenters. The number of ether oxygens (including phenoxy) is 1. The van der Waals surface area contributed by atoms with E-state index in [-0.39, 0.29) is 4.90 Å². The zero-order valence-electron chi connectivity index (χ0n) is 11.4. The van der Waals surface area contributed by atoms with Crippen molar-refractivity contribution in [1.82, 2.24) is 4.72 Å². The minimum atomic E-state index is -3.63. The Labute approximate surface area is 115 Å². The fourth-order valence-corrected chi connectivity index (χ4v) is 3.17. The summed E-state index contributed by atoms with van der Waals surface area (Å²) in [5.41, 5.74) is -0.835. The third-order valence-corrected chi connectivity index (χ3v) is 4.74. The highest BCUT2D eigenvalue weighted by molar-refractivity contribution is 7.89. The second-order valence-corrected chi connectivity index (χ2v) is 5.90. The van der Waals surface area contributed by atoms with Crippen molar-refractivity contribution >= 4 is 10.0 Å². The molecule has 0 saturated carbocycles. The maximum atomic E-state index is 12.3. The number of nitrogens with one attached hydrogen (secondary N) is 1. The Morgan fingerprint density at radius 1 is 1.26 bits per heavy atom. The zero-order chi connectivity index (χ0) is 14.5. The van der Waals surface area contributed by atoms with Crippen LogP contribution in [0.1, 0.15) is 26.7 Å². The molecule has 0 bridgehead atoms. The van der Waals surface area contributed by atoms with Gasteiger partial charge in [0.15, 0.2) is 0 Å². The number of benzene rings is 1. The van der Waals surface area contributed by atoms with Crippen molar-refractivity contribution in [2.24, 2.45) is 0 Å². The smallest absolute Gasteiger partial charge is 0.241 e. The van der Waals surface area contributed by atoms with E-state index in [2.05, 4.69) is 10.6 Å². The second-order valence-electron chi connectivity index (χ2n) is 4.21. The van der Waals surface area contributed by atoms with Gasteiger partial charge in [0, 0.05) is 0 Å². The van der Waals surface area contributed by atoms with Crippen LogP contribution in [-0.4, -0.2) is 21.1 Å². The van der Waals surface area contributed by atoms with Crippen LogP contribution in [-0.2, 0) is 10.0 Å². The first-order valence-corrected chi connectivity index (χ1v) is 7.57. The fraction of sp³-hybridized carbons (Fsp3) is 0.429. The molecular formula is C14H19NO3S. The molecule has 1 aromatic carbocycles. The van der Waals surface area contributed by atoms with Gasteiger partial charge in [0.2, 0.25) is 10.0 Å². The van der Waals surface area contributed by atoms with Crippen molar-refractivity contribution in [3.05, 3.63) is 24.3 Å². The summed E-state index contributed by atoms with van der Waals surface area (Å²) in [4.78, 5) is 0.176. The van der Waals surface area contributed by atoms with Crippen LogP contribution in [0.5, 0.6) is 5.75 Å². The molecule has 0 aliphatic rings.